The average molecular weight is 357 g/mol. The molecule has 0 bridgehead atoms. The molecule has 0 radical (unpaired) electrons. The molecule has 1 amide bonds. The Morgan fingerprint density at radius 1 is 1.27 bits per heavy atom. The van der Waals surface area contributed by atoms with Crippen LogP contribution < -0.4 is 4.74 Å². The number of hydrogen-bond acceptors (Lipinski definition) is 4. The van der Waals surface area contributed by atoms with Crippen molar-refractivity contribution in [2.45, 2.75) is 32.2 Å². The van der Waals surface area contributed by atoms with Gasteiger partial charge in [0.25, 0.3) is 0 Å². The molecule has 7 heteroatoms. The molecule has 1 aliphatic rings. The van der Waals surface area contributed by atoms with Crippen LogP contribution in [-0.2, 0) is 11.2 Å². The zero-order valence-electron chi connectivity index (χ0n) is 15.0. The van der Waals surface area contributed by atoms with Gasteiger partial charge in [0.1, 0.15) is 11.3 Å². The van der Waals surface area contributed by atoms with Gasteiger partial charge >= 0.3 is 5.97 Å². The molecule has 26 heavy (non-hydrogen) atoms. The van der Waals surface area contributed by atoms with E-state index in [1.165, 1.54) is 6.20 Å². The van der Waals surface area contributed by atoms with Crippen molar-refractivity contribution < 1.29 is 19.4 Å². The second-order valence-corrected chi connectivity index (χ2v) is 6.49. The topological polar surface area (TPSA) is 84.7 Å². The number of rotatable bonds is 5. The van der Waals surface area contributed by atoms with Gasteiger partial charge in [-0.15, -0.1) is 0 Å². The predicted molar refractivity (Wildman–Crippen MR) is 95.5 cm³/mol. The van der Waals surface area contributed by atoms with Crippen LogP contribution in [0.25, 0.3) is 0 Å². The number of ether oxygens (including phenoxy) is 1. The summed E-state index contributed by atoms with van der Waals surface area (Å²) in [7, 11) is 1.60. The van der Waals surface area contributed by atoms with E-state index in [1.807, 2.05) is 29.2 Å². The van der Waals surface area contributed by atoms with Crippen LogP contribution >= 0.6 is 0 Å². The zero-order valence-corrected chi connectivity index (χ0v) is 15.0. The molecular weight excluding hydrogens is 334 g/mol. The van der Waals surface area contributed by atoms with Crippen molar-refractivity contribution in [3.05, 3.63) is 47.3 Å². The van der Waals surface area contributed by atoms with Crippen LogP contribution in [0.4, 0.5) is 0 Å². The van der Waals surface area contributed by atoms with Crippen LogP contribution in [0.15, 0.2) is 30.5 Å². The Labute approximate surface area is 152 Å². The van der Waals surface area contributed by atoms with Crippen molar-refractivity contribution in [1.82, 2.24) is 14.7 Å². The molecular formula is C19H23N3O4. The van der Waals surface area contributed by atoms with Crippen LogP contribution in [0.2, 0.25) is 0 Å². The maximum atomic E-state index is 12.6. The number of hydrogen-bond donors (Lipinski definition) is 1. The molecule has 1 aliphatic heterocycles. The maximum Gasteiger partial charge on any atom is 0.339 e. The van der Waals surface area contributed by atoms with Gasteiger partial charge in [-0.1, -0.05) is 18.2 Å². The van der Waals surface area contributed by atoms with Gasteiger partial charge in [0, 0.05) is 18.7 Å². The molecule has 2 aromatic rings. The lowest BCUT2D eigenvalue weighted by Crippen LogP contribution is -2.40. The molecule has 0 aliphatic carbocycles. The Kier molecular flexibility index (Phi) is 5.25. The first-order valence-corrected chi connectivity index (χ1v) is 8.68. The first kappa shape index (κ1) is 18.0. The fourth-order valence-electron chi connectivity index (χ4n) is 3.49. The zero-order chi connectivity index (χ0) is 18.7. The van der Waals surface area contributed by atoms with Gasteiger partial charge in [-0.05, 0) is 25.8 Å². The number of benzene rings is 1. The second-order valence-electron chi connectivity index (χ2n) is 6.49. The molecule has 1 N–H and O–H groups in total. The molecule has 0 atom stereocenters. The smallest absolute Gasteiger partial charge is 0.339 e. The number of methoxy groups -OCH3 is 1. The summed E-state index contributed by atoms with van der Waals surface area (Å²) in [4.78, 5) is 25.6. The van der Waals surface area contributed by atoms with E-state index in [-0.39, 0.29) is 17.5 Å². The molecule has 1 aromatic carbocycles. The highest BCUT2D eigenvalue weighted by Crippen LogP contribution is 2.26. The number of piperidine rings is 1. The molecule has 0 spiro atoms. The van der Waals surface area contributed by atoms with E-state index in [0.29, 0.717) is 25.2 Å². The van der Waals surface area contributed by atoms with Crippen molar-refractivity contribution in [2.75, 3.05) is 20.2 Å². The monoisotopic (exact) mass is 357 g/mol. The summed E-state index contributed by atoms with van der Waals surface area (Å²) in [6.07, 6.45) is 3.24. The van der Waals surface area contributed by atoms with Crippen molar-refractivity contribution in [3.63, 3.8) is 0 Å². The number of carbonyl (C=O) groups is 2. The molecule has 1 aromatic heterocycles. The fraction of sp³-hybridized carbons (Fsp3) is 0.421. The predicted octanol–water partition coefficient (Wildman–Crippen LogP) is 2.30. The minimum Gasteiger partial charge on any atom is -0.496 e. The molecule has 138 valence electrons. The largest absolute Gasteiger partial charge is 0.496 e. The van der Waals surface area contributed by atoms with Gasteiger partial charge < -0.3 is 14.7 Å². The van der Waals surface area contributed by atoms with E-state index in [4.69, 9.17) is 9.84 Å². The van der Waals surface area contributed by atoms with Crippen molar-refractivity contribution in [2.24, 2.45) is 0 Å². The third kappa shape index (κ3) is 3.56. The van der Waals surface area contributed by atoms with Crippen molar-refractivity contribution in [1.29, 1.82) is 0 Å². The Bertz CT molecular complexity index is 807. The standard InChI is InChI=1S/C19H23N3O4/c1-13-16(19(24)25)12-20-22(13)15-7-9-21(10-8-15)18(23)11-14-5-3-4-6-17(14)26-2/h3-6,12,15H,7-11H2,1-2H3,(H,24,25). The van der Waals surface area contributed by atoms with Crippen LogP contribution in [0.5, 0.6) is 5.75 Å². The van der Waals surface area contributed by atoms with Crippen molar-refractivity contribution in [3.8, 4) is 5.75 Å². The van der Waals surface area contributed by atoms with Gasteiger partial charge in [0.05, 0.1) is 31.5 Å². The summed E-state index contributed by atoms with van der Waals surface area (Å²) in [6, 6.07) is 7.67. The Morgan fingerprint density at radius 3 is 2.58 bits per heavy atom. The first-order chi connectivity index (χ1) is 12.5. The van der Waals surface area contributed by atoms with Gasteiger partial charge in [0.15, 0.2) is 0 Å². The quantitative estimate of drug-likeness (QED) is 0.888. The van der Waals surface area contributed by atoms with E-state index in [1.54, 1.807) is 18.7 Å². The third-order valence-corrected chi connectivity index (χ3v) is 4.97. The van der Waals surface area contributed by atoms with Gasteiger partial charge in [-0.2, -0.15) is 5.10 Å². The van der Waals surface area contributed by atoms with Gasteiger partial charge in [-0.3, -0.25) is 9.48 Å². The second kappa shape index (κ2) is 7.59. The minimum atomic E-state index is -0.960. The van der Waals surface area contributed by atoms with Crippen LogP contribution in [0.1, 0.15) is 40.5 Å². The highest BCUT2D eigenvalue weighted by atomic mass is 16.5. The molecule has 0 unspecified atom stereocenters. The van der Waals surface area contributed by atoms with Gasteiger partial charge in [-0.25, -0.2) is 4.79 Å². The summed E-state index contributed by atoms with van der Waals surface area (Å²) < 4.78 is 7.10. The minimum absolute atomic E-state index is 0.0800. The summed E-state index contributed by atoms with van der Waals surface area (Å²) in [5.74, 6) is -0.154. The molecule has 1 saturated heterocycles. The summed E-state index contributed by atoms with van der Waals surface area (Å²) >= 11 is 0. The number of carboxylic acids is 1. The van der Waals surface area contributed by atoms with Crippen LogP contribution in [-0.4, -0.2) is 51.9 Å². The number of likely N-dealkylation sites (tertiary alicyclic amines) is 1. The lowest BCUT2D eigenvalue weighted by atomic mass is 10.0. The Morgan fingerprint density at radius 2 is 1.96 bits per heavy atom. The van der Waals surface area contributed by atoms with E-state index in [2.05, 4.69) is 5.10 Å². The third-order valence-electron chi connectivity index (χ3n) is 4.97. The highest BCUT2D eigenvalue weighted by molar-refractivity contribution is 5.88. The SMILES string of the molecule is COc1ccccc1CC(=O)N1CCC(n2ncc(C(=O)O)c2C)CC1. The fourth-order valence-corrected chi connectivity index (χ4v) is 3.49. The van der Waals surface area contributed by atoms with E-state index >= 15 is 0 Å². The van der Waals surface area contributed by atoms with Crippen LogP contribution in [0.3, 0.4) is 0 Å². The summed E-state index contributed by atoms with van der Waals surface area (Å²) in [6.45, 7) is 3.05. The van der Waals surface area contributed by atoms with Crippen molar-refractivity contribution >= 4 is 11.9 Å². The number of carbonyl (C=O) groups excluding carboxylic acids is 1. The summed E-state index contributed by atoms with van der Waals surface area (Å²) in [5.41, 5.74) is 1.78. The summed E-state index contributed by atoms with van der Waals surface area (Å²) in [5, 5.41) is 13.4. The Balaban J connectivity index is 1.61. The van der Waals surface area contributed by atoms with Gasteiger partial charge in [0.2, 0.25) is 5.91 Å². The number of amides is 1. The lowest BCUT2D eigenvalue weighted by molar-refractivity contribution is -0.131. The number of aromatic nitrogens is 2. The number of carboxylic acid groups (broad SMARTS) is 1. The normalized spacial score (nSPS) is 15.1. The molecule has 2 heterocycles. The number of para-hydroxylation sites is 1. The number of aromatic carboxylic acids is 1. The molecule has 3 rings (SSSR count). The first-order valence-electron chi connectivity index (χ1n) is 8.68. The van der Waals surface area contributed by atoms with E-state index < -0.39 is 5.97 Å². The van der Waals surface area contributed by atoms with E-state index in [0.717, 1.165) is 24.2 Å². The maximum absolute atomic E-state index is 12.6. The lowest BCUT2D eigenvalue weighted by Gasteiger charge is -2.32. The van der Waals surface area contributed by atoms with Crippen LogP contribution in [0, 0.1) is 6.92 Å². The van der Waals surface area contributed by atoms with E-state index in [9.17, 15) is 9.59 Å². The molecule has 1 fully saturated rings. The Hall–Kier alpha value is -2.83. The number of nitrogens with zero attached hydrogens (tertiary/aromatic N) is 3. The molecule has 7 nitrogen and oxygen atoms in total. The highest BCUT2D eigenvalue weighted by Gasteiger charge is 2.26. The average Bonchev–Trinajstić information content (AvgIpc) is 3.04. The molecule has 0 saturated carbocycles.